The standard InChI is InChI=1S/C7H7FN6O2/c8-1-2-13-7(16)14-6(11-12-13)4(3-10-14)5(9)15/h3H,1-2H2,(H2,9,15). The molecular formula is C7H7FN6O2. The smallest absolute Gasteiger partial charge is 0.365 e. The minimum Gasteiger partial charge on any atom is -0.365 e. The van der Waals surface area contributed by atoms with Crippen LogP contribution in [0.5, 0.6) is 0 Å². The third-order valence-electron chi connectivity index (χ3n) is 1.96. The van der Waals surface area contributed by atoms with Gasteiger partial charge in [0.15, 0.2) is 5.65 Å². The van der Waals surface area contributed by atoms with Gasteiger partial charge in [-0.25, -0.2) is 9.18 Å². The number of aryl methyl sites for hydroxylation is 1. The zero-order chi connectivity index (χ0) is 11.7. The average Bonchev–Trinajstić information content (AvgIpc) is 2.67. The van der Waals surface area contributed by atoms with Crippen LogP contribution in [0.1, 0.15) is 10.4 Å². The molecule has 0 aromatic carbocycles. The lowest BCUT2D eigenvalue weighted by Gasteiger charge is -1.99. The molecule has 1 amide bonds. The normalized spacial score (nSPS) is 10.8. The molecule has 2 rings (SSSR count). The molecule has 0 spiro atoms. The summed E-state index contributed by atoms with van der Waals surface area (Å²) in [6.45, 7) is -0.961. The molecular weight excluding hydrogens is 219 g/mol. The molecule has 0 fully saturated rings. The van der Waals surface area contributed by atoms with Gasteiger partial charge in [-0.3, -0.25) is 4.79 Å². The number of nitrogens with zero attached hydrogens (tertiary/aromatic N) is 5. The van der Waals surface area contributed by atoms with E-state index in [9.17, 15) is 14.0 Å². The van der Waals surface area contributed by atoms with Gasteiger partial charge in [-0.1, -0.05) is 5.21 Å². The monoisotopic (exact) mass is 226 g/mol. The summed E-state index contributed by atoms with van der Waals surface area (Å²) >= 11 is 0. The molecule has 0 unspecified atom stereocenters. The Morgan fingerprint density at radius 3 is 2.94 bits per heavy atom. The zero-order valence-corrected chi connectivity index (χ0v) is 8.00. The molecule has 9 heteroatoms. The Balaban J connectivity index is 2.69. The van der Waals surface area contributed by atoms with Crippen LogP contribution in [0, 0.1) is 0 Å². The summed E-state index contributed by atoms with van der Waals surface area (Å²) in [6, 6.07) is 0. The van der Waals surface area contributed by atoms with Gasteiger partial charge in [-0.2, -0.15) is 14.3 Å². The number of halogens is 1. The Labute approximate surface area is 87.5 Å². The summed E-state index contributed by atoms with van der Waals surface area (Å²) in [7, 11) is 0. The third kappa shape index (κ3) is 1.42. The third-order valence-corrected chi connectivity index (χ3v) is 1.96. The van der Waals surface area contributed by atoms with Crippen LogP contribution < -0.4 is 11.4 Å². The molecule has 0 atom stereocenters. The van der Waals surface area contributed by atoms with Gasteiger partial charge in [-0.05, 0) is 0 Å². The fourth-order valence-corrected chi connectivity index (χ4v) is 1.22. The molecule has 0 saturated heterocycles. The first-order valence-corrected chi connectivity index (χ1v) is 4.32. The highest BCUT2D eigenvalue weighted by Crippen LogP contribution is 2.02. The molecule has 0 bridgehead atoms. The van der Waals surface area contributed by atoms with Gasteiger partial charge in [0.1, 0.15) is 12.2 Å². The van der Waals surface area contributed by atoms with Gasteiger partial charge in [0.2, 0.25) is 0 Å². The van der Waals surface area contributed by atoms with Crippen LogP contribution in [0.4, 0.5) is 4.39 Å². The zero-order valence-electron chi connectivity index (χ0n) is 8.00. The summed E-state index contributed by atoms with van der Waals surface area (Å²) in [5, 5.41) is 10.7. The first-order valence-electron chi connectivity index (χ1n) is 4.32. The van der Waals surface area contributed by atoms with Crippen molar-refractivity contribution >= 4 is 11.6 Å². The molecule has 2 aromatic heterocycles. The highest BCUT2D eigenvalue weighted by atomic mass is 19.1. The topological polar surface area (TPSA) is 108 Å². The van der Waals surface area contributed by atoms with E-state index < -0.39 is 18.3 Å². The number of alkyl halides is 1. The second-order valence-corrected chi connectivity index (χ2v) is 2.94. The molecule has 0 aliphatic rings. The van der Waals surface area contributed by atoms with Gasteiger partial charge < -0.3 is 5.73 Å². The van der Waals surface area contributed by atoms with E-state index in [4.69, 9.17) is 5.73 Å². The van der Waals surface area contributed by atoms with Crippen LogP contribution >= 0.6 is 0 Å². The Hall–Kier alpha value is -2.32. The molecule has 0 saturated carbocycles. The maximum atomic E-state index is 12.1. The van der Waals surface area contributed by atoms with Crippen molar-refractivity contribution in [1.29, 1.82) is 0 Å². The summed E-state index contributed by atoms with van der Waals surface area (Å²) in [5.41, 5.74) is 4.33. The van der Waals surface area contributed by atoms with Crippen molar-refractivity contribution in [2.24, 2.45) is 5.73 Å². The minimum absolute atomic E-state index is 0.00278. The molecule has 2 heterocycles. The van der Waals surface area contributed by atoms with Crippen molar-refractivity contribution in [3.8, 4) is 0 Å². The number of hydrogen-bond acceptors (Lipinski definition) is 5. The van der Waals surface area contributed by atoms with Crippen molar-refractivity contribution in [3.05, 3.63) is 22.2 Å². The maximum Gasteiger partial charge on any atom is 0.368 e. The predicted octanol–water partition coefficient (Wildman–Crippen LogP) is -1.65. The van der Waals surface area contributed by atoms with Crippen molar-refractivity contribution in [1.82, 2.24) is 24.6 Å². The van der Waals surface area contributed by atoms with Crippen LogP contribution in [-0.2, 0) is 6.54 Å². The lowest BCUT2D eigenvalue weighted by molar-refractivity contribution is 0.100. The highest BCUT2D eigenvalue weighted by molar-refractivity contribution is 5.98. The first-order chi connectivity index (χ1) is 7.65. The molecule has 8 nitrogen and oxygen atoms in total. The number of fused-ring (bicyclic) bond motifs is 1. The second kappa shape index (κ2) is 3.68. The van der Waals surface area contributed by atoms with Gasteiger partial charge in [0.05, 0.1) is 12.7 Å². The number of carbonyl (C=O) groups is 1. The van der Waals surface area contributed by atoms with E-state index >= 15 is 0 Å². The molecule has 0 aliphatic carbocycles. The number of amides is 1. The fourth-order valence-electron chi connectivity index (χ4n) is 1.22. The van der Waals surface area contributed by atoms with E-state index in [-0.39, 0.29) is 17.8 Å². The fraction of sp³-hybridized carbons (Fsp3) is 0.286. The van der Waals surface area contributed by atoms with E-state index in [2.05, 4.69) is 15.4 Å². The molecule has 84 valence electrons. The lowest BCUT2D eigenvalue weighted by Crippen LogP contribution is -2.31. The van der Waals surface area contributed by atoms with E-state index in [0.717, 1.165) is 15.4 Å². The Bertz CT molecular complexity index is 602. The van der Waals surface area contributed by atoms with Crippen LogP contribution in [0.2, 0.25) is 0 Å². The summed E-state index contributed by atoms with van der Waals surface area (Å²) in [4.78, 5) is 22.5. The number of aromatic nitrogens is 5. The van der Waals surface area contributed by atoms with Crippen molar-refractivity contribution in [2.75, 3.05) is 6.67 Å². The summed E-state index contributed by atoms with van der Waals surface area (Å²) in [5.74, 6) is -0.757. The van der Waals surface area contributed by atoms with Gasteiger partial charge in [0.25, 0.3) is 5.91 Å². The van der Waals surface area contributed by atoms with Crippen LogP contribution in [0.25, 0.3) is 5.65 Å². The number of carbonyl (C=O) groups excluding carboxylic acids is 1. The van der Waals surface area contributed by atoms with Crippen LogP contribution in [-0.4, -0.2) is 37.2 Å². The molecule has 2 aromatic rings. The van der Waals surface area contributed by atoms with E-state index in [1.807, 2.05) is 0 Å². The Morgan fingerprint density at radius 1 is 1.56 bits per heavy atom. The van der Waals surface area contributed by atoms with Crippen molar-refractivity contribution in [2.45, 2.75) is 6.54 Å². The van der Waals surface area contributed by atoms with Gasteiger partial charge >= 0.3 is 5.69 Å². The number of hydrogen-bond donors (Lipinski definition) is 1. The largest absolute Gasteiger partial charge is 0.368 e. The maximum absolute atomic E-state index is 12.1. The van der Waals surface area contributed by atoms with E-state index in [1.54, 1.807) is 0 Å². The molecule has 16 heavy (non-hydrogen) atoms. The first kappa shape index (κ1) is 10.2. The van der Waals surface area contributed by atoms with E-state index in [1.165, 1.54) is 0 Å². The summed E-state index contributed by atoms with van der Waals surface area (Å²) in [6.07, 6.45) is 1.12. The minimum atomic E-state index is -0.757. The van der Waals surface area contributed by atoms with Crippen LogP contribution in [0.3, 0.4) is 0 Å². The SMILES string of the molecule is NC(=O)c1cnn2c(=O)n(CCF)nnc12. The van der Waals surface area contributed by atoms with Gasteiger partial charge in [-0.15, -0.1) is 5.10 Å². The number of rotatable bonds is 3. The highest BCUT2D eigenvalue weighted by Gasteiger charge is 2.14. The van der Waals surface area contributed by atoms with Gasteiger partial charge in [0, 0.05) is 0 Å². The van der Waals surface area contributed by atoms with E-state index in [0.29, 0.717) is 0 Å². The quantitative estimate of drug-likeness (QED) is 0.674. The molecule has 2 N–H and O–H groups in total. The van der Waals surface area contributed by atoms with Crippen LogP contribution in [0.15, 0.2) is 11.0 Å². The van der Waals surface area contributed by atoms with Crippen molar-refractivity contribution in [3.63, 3.8) is 0 Å². The number of primary amides is 1. The number of nitrogens with two attached hydrogens (primary N) is 1. The average molecular weight is 226 g/mol. The predicted molar refractivity (Wildman–Crippen MR) is 49.5 cm³/mol. The Morgan fingerprint density at radius 2 is 2.31 bits per heavy atom. The van der Waals surface area contributed by atoms with Crippen molar-refractivity contribution < 1.29 is 9.18 Å². The lowest BCUT2D eigenvalue weighted by atomic mass is 10.3. The Kier molecular flexibility index (Phi) is 2.35. The molecule has 0 radical (unpaired) electrons. The summed E-state index contributed by atoms with van der Waals surface area (Å²) < 4.78 is 13.7. The molecule has 0 aliphatic heterocycles. The second-order valence-electron chi connectivity index (χ2n) is 2.94.